The lowest BCUT2D eigenvalue weighted by molar-refractivity contribution is -0.121. The SMILES string of the molecule is O=C1CC(SCCO)C(=O)N1c1cccc(Cl)c1. The number of carbonyl (C=O) groups is 2. The van der Waals surface area contributed by atoms with E-state index in [9.17, 15) is 9.59 Å². The molecule has 0 saturated carbocycles. The zero-order chi connectivity index (χ0) is 13.1. The predicted molar refractivity (Wildman–Crippen MR) is 71.9 cm³/mol. The molecule has 1 aliphatic heterocycles. The van der Waals surface area contributed by atoms with Gasteiger partial charge in [-0.05, 0) is 18.2 Å². The number of benzene rings is 1. The highest BCUT2D eigenvalue weighted by Crippen LogP contribution is 2.30. The molecule has 1 N–H and O–H groups in total. The van der Waals surface area contributed by atoms with Crippen LogP contribution in [0.25, 0.3) is 0 Å². The van der Waals surface area contributed by atoms with Crippen LogP contribution in [0, 0.1) is 0 Å². The van der Waals surface area contributed by atoms with Gasteiger partial charge in [0.05, 0.1) is 17.5 Å². The van der Waals surface area contributed by atoms with E-state index in [0.29, 0.717) is 16.5 Å². The Morgan fingerprint density at radius 3 is 2.89 bits per heavy atom. The third-order valence-corrected chi connectivity index (χ3v) is 4.01. The van der Waals surface area contributed by atoms with Gasteiger partial charge in [0.2, 0.25) is 11.8 Å². The van der Waals surface area contributed by atoms with Gasteiger partial charge < -0.3 is 5.11 Å². The summed E-state index contributed by atoms with van der Waals surface area (Å²) in [6, 6.07) is 6.66. The van der Waals surface area contributed by atoms with E-state index < -0.39 is 5.25 Å². The Hall–Kier alpha value is -1.04. The Kier molecular flexibility index (Phi) is 4.27. The molecule has 1 heterocycles. The summed E-state index contributed by atoms with van der Waals surface area (Å²) in [5, 5.41) is 8.84. The molecule has 2 amide bonds. The molecule has 1 atom stereocenters. The lowest BCUT2D eigenvalue weighted by atomic mass is 10.3. The molecule has 0 bridgehead atoms. The summed E-state index contributed by atoms with van der Waals surface area (Å²) in [6.45, 7) is -0.000196. The van der Waals surface area contributed by atoms with E-state index in [0.717, 1.165) is 0 Å². The van der Waals surface area contributed by atoms with Crippen molar-refractivity contribution < 1.29 is 14.7 Å². The third-order valence-electron chi connectivity index (χ3n) is 2.58. The smallest absolute Gasteiger partial charge is 0.247 e. The number of aliphatic hydroxyl groups is 1. The van der Waals surface area contributed by atoms with Gasteiger partial charge in [-0.25, -0.2) is 4.90 Å². The van der Waals surface area contributed by atoms with E-state index in [1.807, 2.05) is 0 Å². The fraction of sp³-hybridized carbons (Fsp3) is 0.333. The van der Waals surface area contributed by atoms with E-state index in [-0.39, 0.29) is 24.8 Å². The maximum atomic E-state index is 12.1. The fourth-order valence-corrected chi connectivity index (χ4v) is 2.90. The molecule has 18 heavy (non-hydrogen) atoms. The number of anilines is 1. The number of carbonyl (C=O) groups excluding carboxylic acids is 2. The Morgan fingerprint density at radius 2 is 2.22 bits per heavy atom. The average molecular weight is 286 g/mol. The number of aliphatic hydroxyl groups excluding tert-OH is 1. The number of thioether (sulfide) groups is 1. The largest absolute Gasteiger partial charge is 0.396 e. The van der Waals surface area contributed by atoms with Crippen LogP contribution in [0.4, 0.5) is 5.69 Å². The normalized spacial score (nSPS) is 19.7. The molecule has 1 aromatic carbocycles. The molecule has 0 spiro atoms. The summed E-state index contributed by atoms with van der Waals surface area (Å²) < 4.78 is 0. The van der Waals surface area contributed by atoms with E-state index in [1.54, 1.807) is 24.3 Å². The first-order chi connectivity index (χ1) is 8.63. The average Bonchev–Trinajstić information content (AvgIpc) is 2.62. The molecular formula is C12H12ClNO3S. The van der Waals surface area contributed by atoms with Crippen LogP contribution in [0.3, 0.4) is 0 Å². The highest BCUT2D eigenvalue weighted by molar-refractivity contribution is 8.00. The molecule has 6 heteroatoms. The minimum atomic E-state index is -0.399. The molecule has 0 aliphatic carbocycles. The maximum absolute atomic E-state index is 12.1. The van der Waals surface area contributed by atoms with Gasteiger partial charge in [0.15, 0.2) is 0 Å². The van der Waals surface area contributed by atoms with E-state index in [4.69, 9.17) is 16.7 Å². The number of amides is 2. The Morgan fingerprint density at radius 1 is 1.44 bits per heavy atom. The summed E-state index contributed by atoms with van der Waals surface area (Å²) in [5.41, 5.74) is 0.504. The van der Waals surface area contributed by atoms with Crippen LogP contribution in [-0.2, 0) is 9.59 Å². The minimum Gasteiger partial charge on any atom is -0.396 e. The van der Waals surface area contributed by atoms with Crippen molar-refractivity contribution in [3.8, 4) is 0 Å². The van der Waals surface area contributed by atoms with Gasteiger partial charge >= 0.3 is 0 Å². The van der Waals surface area contributed by atoms with Crippen molar-refractivity contribution in [2.75, 3.05) is 17.3 Å². The first-order valence-corrected chi connectivity index (χ1v) is 6.91. The lowest BCUT2D eigenvalue weighted by Crippen LogP contribution is -2.31. The Labute approximate surface area is 114 Å². The second kappa shape index (κ2) is 5.73. The van der Waals surface area contributed by atoms with Gasteiger partial charge in [0, 0.05) is 17.2 Å². The molecule has 1 aliphatic rings. The molecule has 4 nitrogen and oxygen atoms in total. The summed E-state index contributed by atoms with van der Waals surface area (Å²) in [6.07, 6.45) is 0.177. The van der Waals surface area contributed by atoms with Gasteiger partial charge in [-0.1, -0.05) is 17.7 Å². The van der Waals surface area contributed by atoms with E-state index >= 15 is 0 Å². The number of imide groups is 1. The van der Waals surface area contributed by atoms with Crippen LogP contribution >= 0.6 is 23.4 Å². The monoisotopic (exact) mass is 285 g/mol. The zero-order valence-electron chi connectivity index (χ0n) is 9.51. The molecule has 96 valence electrons. The van der Waals surface area contributed by atoms with Crippen molar-refractivity contribution in [2.24, 2.45) is 0 Å². The summed E-state index contributed by atoms with van der Waals surface area (Å²) in [4.78, 5) is 25.1. The molecule has 1 aromatic rings. The van der Waals surface area contributed by atoms with Crippen LogP contribution in [0.15, 0.2) is 24.3 Å². The van der Waals surface area contributed by atoms with Crippen molar-refractivity contribution in [1.29, 1.82) is 0 Å². The van der Waals surface area contributed by atoms with Gasteiger partial charge in [0.1, 0.15) is 0 Å². The number of halogens is 1. The number of nitrogens with zero attached hydrogens (tertiary/aromatic N) is 1. The highest BCUT2D eigenvalue weighted by Gasteiger charge is 2.39. The minimum absolute atomic E-state index is 0.000196. The lowest BCUT2D eigenvalue weighted by Gasteiger charge is -2.14. The standard InChI is InChI=1S/C12H12ClNO3S/c13-8-2-1-3-9(6-8)14-11(16)7-10(12(14)17)18-5-4-15/h1-3,6,10,15H,4-5,7H2. The second-order valence-corrected chi connectivity index (χ2v) is 5.58. The number of hydrogen-bond donors (Lipinski definition) is 1. The van der Waals surface area contributed by atoms with E-state index in [1.165, 1.54) is 16.7 Å². The van der Waals surface area contributed by atoms with Crippen molar-refractivity contribution in [3.05, 3.63) is 29.3 Å². The quantitative estimate of drug-likeness (QED) is 0.856. The maximum Gasteiger partial charge on any atom is 0.247 e. The predicted octanol–water partition coefficient (Wildman–Crippen LogP) is 1.70. The van der Waals surface area contributed by atoms with Gasteiger partial charge in [0.25, 0.3) is 0 Å². The number of rotatable bonds is 4. The first kappa shape index (κ1) is 13.4. The fourth-order valence-electron chi connectivity index (χ4n) is 1.82. The summed E-state index contributed by atoms with van der Waals surface area (Å²) >= 11 is 7.15. The van der Waals surface area contributed by atoms with Crippen molar-refractivity contribution >= 4 is 40.9 Å². The summed E-state index contributed by atoms with van der Waals surface area (Å²) in [5.74, 6) is -0.00833. The van der Waals surface area contributed by atoms with Crippen LogP contribution in [0.2, 0.25) is 5.02 Å². The van der Waals surface area contributed by atoms with Crippen molar-refractivity contribution in [1.82, 2.24) is 0 Å². The Bertz CT molecular complexity index is 480. The molecule has 1 unspecified atom stereocenters. The molecule has 1 saturated heterocycles. The van der Waals surface area contributed by atoms with Gasteiger partial charge in [-0.2, -0.15) is 0 Å². The second-order valence-electron chi connectivity index (χ2n) is 3.83. The molecule has 0 aromatic heterocycles. The molecule has 2 rings (SSSR count). The van der Waals surface area contributed by atoms with Gasteiger partial charge in [-0.3, -0.25) is 9.59 Å². The highest BCUT2D eigenvalue weighted by atomic mass is 35.5. The number of hydrogen-bond acceptors (Lipinski definition) is 4. The van der Waals surface area contributed by atoms with E-state index in [2.05, 4.69) is 0 Å². The summed E-state index contributed by atoms with van der Waals surface area (Å²) in [7, 11) is 0. The van der Waals surface area contributed by atoms with Gasteiger partial charge in [-0.15, -0.1) is 11.8 Å². The zero-order valence-corrected chi connectivity index (χ0v) is 11.1. The van der Waals surface area contributed by atoms with Crippen molar-refractivity contribution in [2.45, 2.75) is 11.7 Å². The topological polar surface area (TPSA) is 57.6 Å². The Balaban J connectivity index is 2.19. The van der Waals surface area contributed by atoms with Crippen LogP contribution < -0.4 is 4.90 Å². The van der Waals surface area contributed by atoms with Crippen LogP contribution in [0.5, 0.6) is 0 Å². The van der Waals surface area contributed by atoms with Crippen molar-refractivity contribution in [3.63, 3.8) is 0 Å². The van der Waals surface area contributed by atoms with Crippen LogP contribution in [-0.4, -0.2) is 34.5 Å². The first-order valence-electron chi connectivity index (χ1n) is 5.48. The molecular weight excluding hydrogens is 274 g/mol. The van der Waals surface area contributed by atoms with Crippen LogP contribution in [0.1, 0.15) is 6.42 Å². The third kappa shape index (κ3) is 2.68. The molecule has 1 fully saturated rings. The molecule has 0 radical (unpaired) electrons.